The summed E-state index contributed by atoms with van der Waals surface area (Å²) in [6, 6.07) is 5.19. The lowest BCUT2D eigenvalue weighted by Crippen LogP contribution is -2.39. The Morgan fingerprint density at radius 2 is 1.75 bits per heavy atom. The molecule has 108 valence electrons. The van der Waals surface area contributed by atoms with Gasteiger partial charge in [0.25, 0.3) is 5.69 Å². The van der Waals surface area contributed by atoms with Crippen LogP contribution < -0.4 is 5.32 Å². The van der Waals surface area contributed by atoms with E-state index < -0.39 is 28.1 Å². The number of hydrogen-bond acceptors (Lipinski definition) is 4. The summed E-state index contributed by atoms with van der Waals surface area (Å²) in [7, 11) is 0. The zero-order valence-corrected chi connectivity index (χ0v) is 11.4. The lowest BCUT2D eigenvalue weighted by molar-refractivity contribution is -0.384. The molecule has 1 aromatic rings. The number of anilines is 1. The lowest BCUT2D eigenvalue weighted by atomic mass is 9.80. The van der Waals surface area contributed by atoms with E-state index in [1.807, 2.05) is 0 Å². The molecule has 1 unspecified atom stereocenters. The number of nitro benzene ring substituents is 1. The number of nitrogens with zero attached hydrogens (tertiary/aromatic N) is 1. The van der Waals surface area contributed by atoms with E-state index in [2.05, 4.69) is 5.32 Å². The van der Waals surface area contributed by atoms with E-state index in [9.17, 15) is 19.7 Å². The number of nitrogens with one attached hydrogen (secondary N) is 1. The second kappa shape index (κ2) is 5.68. The van der Waals surface area contributed by atoms with Crippen molar-refractivity contribution in [2.75, 3.05) is 5.32 Å². The number of carbonyl (C=O) groups excluding carboxylic acids is 1. The highest BCUT2D eigenvalue weighted by Crippen LogP contribution is 2.27. The molecule has 7 nitrogen and oxygen atoms in total. The minimum Gasteiger partial charge on any atom is -0.481 e. The van der Waals surface area contributed by atoms with Crippen molar-refractivity contribution >= 4 is 23.3 Å². The lowest BCUT2D eigenvalue weighted by Gasteiger charge is -2.25. The summed E-state index contributed by atoms with van der Waals surface area (Å²) in [5.74, 6) is -3.08. The van der Waals surface area contributed by atoms with Crippen LogP contribution in [0.15, 0.2) is 24.3 Å². The average molecular weight is 280 g/mol. The van der Waals surface area contributed by atoms with Crippen molar-refractivity contribution in [3.63, 3.8) is 0 Å². The quantitative estimate of drug-likeness (QED) is 0.499. The van der Waals surface area contributed by atoms with E-state index in [0.717, 1.165) is 0 Å². The van der Waals surface area contributed by atoms with Gasteiger partial charge in [-0.25, -0.2) is 0 Å². The fourth-order valence-corrected chi connectivity index (χ4v) is 1.76. The van der Waals surface area contributed by atoms with Gasteiger partial charge in [-0.15, -0.1) is 0 Å². The fourth-order valence-electron chi connectivity index (χ4n) is 1.76. The number of hydrogen-bond donors (Lipinski definition) is 2. The molecule has 0 aromatic heterocycles. The van der Waals surface area contributed by atoms with E-state index in [4.69, 9.17) is 5.11 Å². The zero-order chi connectivity index (χ0) is 15.5. The summed E-state index contributed by atoms with van der Waals surface area (Å²) < 4.78 is 0. The Morgan fingerprint density at radius 1 is 1.25 bits per heavy atom. The van der Waals surface area contributed by atoms with Crippen LogP contribution in [0, 0.1) is 21.4 Å². The minimum absolute atomic E-state index is 0.103. The molecule has 1 aromatic carbocycles. The maximum Gasteiger partial charge on any atom is 0.316 e. The number of carbonyl (C=O) groups is 2. The summed E-state index contributed by atoms with van der Waals surface area (Å²) >= 11 is 0. The minimum atomic E-state index is -1.21. The van der Waals surface area contributed by atoms with Crippen LogP contribution in [0.2, 0.25) is 0 Å². The fraction of sp³-hybridized carbons (Fsp3) is 0.385. The largest absolute Gasteiger partial charge is 0.481 e. The third-order valence-corrected chi connectivity index (χ3v) is 2.72. The molecule has 1 atom stereocenters. The van der Waals surface area contributed by atoms with Crippen LogP contribution in [0.25, 0.3) is 0 Å². The molecule has 0 fully saturated rings. The van der Waals surface area contributed by atoms with Gasteiger partial charge in [-0.2, -0.15) is 0 Å². The van der Waals surface area contributed by atoms with E-state index in [1.54, 1.807) is 20.8 Å². The first kappa shape index (κ1) is 15.6. The number of rotatable bonds is 4. The molecule has 0 spiro atoms. The Labute approximate surface area is 115 Å². The number of amides is 1. The molecular weight excluding hydrogens is 264 g/mol. The Balaban J connectivity index is 2.89. The molecule has 0 bridgehead atoms. The maximum absolute atomic E-state index is 12.0. The summed E-state index contributed by atoms with van der Waals surface area (Å²) in [4.78, 5) is 33.1. The van der Waals surface area contributed by atoms with Crippen LogP contribution in [0.3, 0.4) is 0 Å². The second-order valence-corrected chi connectivity index (χ2v) is 5.43. The normalized spacial score (nSPS) is 12.6. The first-order valence-electron chi connectivity index (χ1n) is 5.91. The maximum atomic E-state index is 12.0. The predicted octanol–water partition coefficient (Wildman–Crippen LogP) is 2.28. The first-order chi connectivity index (χ1) is 9.12. The van der Waals surface area contributed by atoms with Gasteiger partial charge in [0.15, 0.2) is 0 Å². The highest BCUT2D eigenvalue weighted by atomic mass is 16.6. The molecule has 0 aliphatic heterocycles. The number of benzene rings is 1. The highest BCUT2D eigenvalue weighted by Gasteiger charge is 2.37. The third kappa shape index (κ3) is 3.78. The van der Waals surface area contributed by atoms with Gasteiger partial charge in [-0.3, -0.25) is 19.7 Å². The van der Waals surface area contributed by atoms with Crippen LogP contribution in [-0.4, -0.2) is 21.9 Å². The monoisotopic (exact) mass is 280 g/mol. The molecule has 1 rings (SSSR count). The standard InChI is InChI=1S/C13H16N2O5/c1-13(2,3)10(12(17)18)11(16)14-8-4-6-9(7-5-8)15(19)20/h4-7,10H,1-3H3,(H,14,16)(H,17,18). The van der Waals surface area contributed by atoms with Crippen molar-refractivity contribution in [3.8, 4) is 0 Å². The van der Waals surface area contributed by atoms with Crippen molar-refractivity contribution in [2.45, 2.75) is 20.8 Å². The Bertz CT molecular complexity index is 531. The number of carboxylic acids is 1. The Morgan fingerprint density at radius 3 is 2.10 bits per heavy atom. The van der Waals surface area contributed by atoms with Crippen molar-refractivity contribution in [3.05, 3.63) is 34.4 Å². The topological polar surface area (TPSA) is 110 Å². The molecule has 0 saturated carbocycles. The van der Waals surface area contributed by atoms with Crippen LogP contribution in [0.1, 0.15) is 20.8 Å². The van der Waals surface area contributed by atoms with Gasteiger partial charge in [0, 0.05) is 17.8 Å². The smallest absolute Gasteiger partial charge is 0.316 e. The average Bonchev–Trinajstić information content (AvgIpc) is 2.26. The van der Waals surface area contributed by atoms with Crippen LogP contribution in [-0.2, 0) is 9.59 Å². The number of non-ortho nitro benzene ring substituents is 1. The van der Waals surface area contributed by atoms with Gasteiger partial charge in [0.2, 0.25) is 5.91 Å². The molecule has 1 amide bonds. The van der Waals surface area contributed by atoms with Gasteiger partial charge in [-0.05, 0) is 17.5 Å². The van der Waals surface area contributed by atoms with Gasteiger partial charge in [-0.1, -0.05) is 20.8 Å². The van der Waals surface area contributed by atoms with E-state index in [-0.39, 0.29) is 5.69 Å². The number of nitro groups is 1. The SMILES string of the molecule is CC(C)(C)C(C(=O)O)C(=O)Nc1ccc([N+](=O)[O-])cc1. The summed E-state index contributed by atoms with van der Waals surface area (Å²) in [5.41, 5.74) is -0.527. The Kier molecular flexibility index (Phi) is 4.44. The molecule has 2 N–H and O–H groups in total. The van der Waals surface area contributed by atoms with Crippen LogP contribution in [0.4, 0.5) is 11.4 Å². The predicted molar refractivity (Wildman–Crippen MR) is 72.3 cm³/mol. The van der Waals surface area contributed by atoms with E-state index in [0.29, 0.717) is 5.69 Å². The molecule has 7 heteroatoms. The van der Waals surface area contributed by atoms with Crippen molar-refractivity contribution in [2.24, 2.45) is 11.3 Å². The van der Waals surface area contributed by atoms with Gasteiger partial charge in [0.1, 0.15) is 5.92 Å². The highest BCUT2D eigenvalue weighted by molar-refractivity contribution is 6.04. The van der Waals surface area contributed by atoms with Gasteiger partial charge < -0.3 is 10.4 Å². The Hall–Kier alpha value is -2.44. The molecule has 0 heterocycles. The second-order valence-electron chi connectivity index (χ2n) is 5.43. The summed E-state index contributed by atoms with van der Waals surface area (Å²) in [5, 5.41) is 22.1. The van der Waals surface area contributed by atoms with Gasteiger partial charge >= 0.3 is 5.97 Å². The first-order valence-corrected chi connectivity index (χ1v) is 5.91. The number of aliphatic carboxylic acids is 1. The third-order valence-electron chi connectivity index (χ3n) is 2.72. The molecule has 0 aliphatic carbocycles. The van der Waals surface area contributed by atoms with Gasteiger partial charge in [0.05, 0.1) is 4.92 Å². The molecule has 0 aliphatic rings. The van der Waals surface area contributed by atoms with Crippen LogP contribution in [0.5, 0.6) is 0 Å². The number of carboxylic acid groups (broad SMARTS) is 1. The van der Waals surface area contributed by atoms with Crippen molar-refractivity contribution in [1.82, 2.24) is 0 Å². The molecular formula is C13H16N2O5. The molecule has 20 heavy (non-hydrogen) atoms. The molecule has 0 saturated heterocycles. The van der Waals surface area contributed by atoms with Crippen molar-refractivity contribution < 1.29 is 19.6 Å². The van der Waals surface area contributed by atoms with E-state index >= 15 is 0 Å². The van der Waals surface area contributed by atoms with E-state index in [1.165, 1.54) is 24.3 Å². The zero-order valence-electron chi connectivity index (χ0n) is 11.4. The summed E-state index contributed by atoms with van der Waals surface area (Å²) in [6.07, 6.45) is 0. The summed E-state index contributed by atoms with van der Waals surface area (Å²) in [6.45, 7) is 4.96. The molecule has 0 radical (unpaired) electrons. The van der Waals surface area contributed by atoms with Crippen molar-refractivity contribution in [1.29, 1.82) is 0 Å². The van der Waals surface area contributed by atoms with Crippen LogP contribution >= 0.6 is 0 Å².